The van der Waals surface area contributed by atoms with Gasteiger partial charge in [-0.25, -0.2) is 0 Å². The SMILES string of the molecule is C=CCO[Si](CCC)(CCC)c1ccccc1. The van der Waals surface area contributed by atoms with Crippen molar-refractivity contribution in [1.82, 2.24) is 0 Å². The van der Waals surface area contributed by atoms with Crippen LogP contribution in [0, 0.1) is 0 Å². The van der Waals surface area contributed by atoms with E-state index in [0.29, 0.717) is 6.61 Å². The second-order valence-electron chi connectivity index (χ2n) is 4.46. The summed E-state index contributed by atoms with van der Waals surface area (Å²) in [5.41, 5.74) is 0. The third-order valence-electron chi connectivity index (χ3n) is 3.09. The zero-order valence-corrected chi connectivity index (χ0v) is 12.1. The van der Waals surface area contributed by atoms with Crippen LogP contribution in [-0.2, 0) is 4.43 Å². The molecule has 2 heteroatoms. The summed E-state index contributed by atoms with van der Waals surface area (Å²) in [6.07, 6.45) is 4.26. The van der Waals surface area contributed by atoms with Gasteiger partial charge in [0.2, 0.25) is 8.32 Å². The van der Waals surface area contributed by atoms with Gasteiger partial charge in [0.05, 0.1) is 6.61 Å². The van der Waals surface area contributed by atoms with E-state index >= 15 is 0 Å². The van der Waals surface area contributed by atoms with Crippen LogP contribution < -0.4 is 5.19 Å². The van der Waals surface area contributed by atoms with E-state index in [-0.39, 0.29) is 0 Å². The van der Waals surface area contributed by atoms with Crippen molar-refractivity contribution in [2.75, 3.05) is 6.61 Å². The van der Waals surface area contributed by atoms with Crippen LogP contribution in [0.1, 0.15) is 26.7 Å². The third-order valence-corrected chi connectivity index (χ3v) is 7.81. The maximum atomic E-state index is 6.27. The van der Waals surface area contributed by atoms with Crippen LogP contribution >= 0.6 is 0 Å². The van der Waals surface area contributed by atoms with Crippen molar-refractivity contribution in [2.45, 2.75) is 38.8 Å². The molecular weight excluding hydrogens is 224 g/mol. The second-order valence-corrected chi connectivity index (χ2v) is 8.31. The van der Waals surface area contributed by atoms with Crippen LogP contribution in [0.5, 0.6) is 0 Å². The first-order chi connectivity index (χ1) is 8.29. The lowest BCUT2D eigenvalue weighted by atomic mass is 10.4. The maximum absolute atomic E-state index is 6.27. The molecule has 0 amide bonds. The number of hydrogen-bond acceptors (Lipinski definition) is 1. The van der Waals surface area contributed by atoms with E-state index in [1.807, 2.05) is 6.08 Å². The minimum atomic E-state index is -1.76. The highest BCUT2D eigenvalue weighted by Gasteiger charge is 2.34. The summed E-state index contributed by atoms with van der Waals surface area (Å²) in [7, 11) is -1.76. The van der Waals surface area contributed by atoms with Gasteiger partial charge in [-0.05, 0) is 17.3 Å². The lowest BCUT2D eigenvalue weighted by Gasteiger charge is -2.31. The lowest BCUT2D eigenvalue weighted by molar-refractivity contribution is 0.350. The van der Waals surface area contributed by atoms with Crippen LogP contribution in [0.2, 0.25) is 12.1 Å². The van der Waals surface area contributed by atoms with Gasteiger partial charge in [0.15, 0.2) is 0 Å². The molecule has 0 aromatic heterocycles. The van der Waals surface area contributed by atoms with Gasteiger partial charge in [-0.2, -0.15) is 0 Å². The fraction of sp³-hybridized carbons (Fsp3) is 0.467. The van der Waals surface area contributed by atoms with Crippen molar-refractivity contribution >= 4 is 13.5 Å². The molecule has 94 valence electrons. The Morgan fingerprint density at radius 1 is 1.12 bits per heavy atom. The van der Waals surface area contributed by atoms with Gasteiger partial charge >= 0.3 is 0 Å². The highest BCUT2D eigenvalue weighted by atomic mass is 28.4. The van der Waals surface area contributed by atoms with E-state index < -0.39 is 8.32 Å². The van der Waals surface area contributed by atoms with Gasteiger partial charge < -0.3 is 4.43 Å². The van der Waals surface area contributed by atoms with Gasteiger partial charge in [-0.1, -0.05) is 63.1 Å². The Morgan fingerprint density at radius 2 is 1.71 bits per heavy atom. The Balaban J connectivity index is 2.99. The monoisotopic (exact) mass is 248 g/mol. The van der Waals surface area contributed by atoms with Crippen LogP contribution in [-0.4, -0.2) is 14.9 Å². The summed E-state index contributed by atoms with van der Waals surface area (Å²) < 4.78 is 6.27. The number of rotatable bonds is 8. The Hall–Kier alpha value is -0.863. The molecule has 1 aromatic carbocycles. The molecule has 0 radical (unpaired) electrons. The van der Waals surface area contributed by atoms with E-state index in [0.717, 1.165) is 0 Å². The highest BCUT2D eigenvalue weighted by Crippen LogP contribution is 2.21. The molecule has 0 saturated heterocycles. The van der Waals surface area contributed by atoms with Gasteiger partial charge in [-0.3, -0.25) is 0 Å². The molecule has 1 nitrogen and oxygen atoms in total. The van der Waals surface area contributed by atoms with Gasteiger partial charge in [0.1, 0.15) is 0 Å². The first-order valence-corrected chi connectivity index (χ1v) is 8.91. The molecule has 0 atom stereocenters. The molecule has 0 fully saturated rings. The van der Waals surface area contributed by atoms with Crippen molar-refractivity contribution in [2.24, 2.45) is 0 Å². The van der Waals surface area contributed by atoms with Crippen LogP contribution in [0.15, 0.2) is 43.0 Å². The fourth-order valence-corrected chi connectivity index (χ4v) is 6.54. The Bertz CT molecular complexity index is 315. The number of benzene rings is 1. The van der Waals surface area contributed by atoms with E-state index in [4.69, 9.17) is 4.43 Å². The van der Waals surface area contributed by atoms with Crippen LogP contribution in [0.25, 0.3) is 0 Å². The minimum absolute atomic E-state index is 0.682. The zero-order chi connectivity index (χ0) is 12.6. The largest absolute Gasteiger partial charge is 0.409 e. The first-order valence-electron chi connectivity index (χ1n) is 6.59. The zero-order valence-electron chi connectivity index (χ0n) is 11.1. The van der Waals surface area contributed by atoms with E-state index in [2.05, 4.69) is 50.8 Å². The Morgan fingerprint density at radius 3 is 2.18 bits per heavy atom. The standard InChI is InChI=1S/C15H24OSi/c1-4-12-16-17(13-5-2,14-6-3)15-10-8-7-9-11-15/h4,7-11H,1,5-6,12-14H2,2-3H3. The average Bonchev–Trinajstić information content (AvgIpc) is 2.37. The predicted octanol–water partition coefficient (Wildman–Crippen LogP) is 3.86. The molecule has 1 rings (SSSR count). The molecule has 0 aliphatic heterocycles. The molecule has 0 saturated carbocycles. The van der Waals surface area contributed by atoms with Gasteiger partial charge in [-0.15, -0.1) is 6.58 Å². The van der Waals surface area contributed by atoms with Crippen LogP contribution in [0.4, 0.5) is 0 Å². The summed E-state index contributed by atoms with van der Waals surface area (Å²) in [6.45, 7) is 8.95. The molecule has 1 aromatic rings. The molecule has 0 heterocycles. The molecule has 0 aliphatic carbocycles. The fourth-order valence-electron chi connectivity index (χ4n) is 2.41. The summed E-state index contributed by atoms with van der Waals surface area (Å²) in [6, 6.07) is 13.2. The smallest absolute Gasteiger partial charge is 0.224 e. The highest BCUT2D eigenvalue weighted by molar-refractivity contribution is 6.86. The summed E-state index contributed by atoms with van der Waals surface area (Å²) in [4.78, 5) is 0. The van der Waals surface area contributed by atoms with Gasteiger partial charge in [0, 0.05) is 0 Å². The summed E-state index contributed by atoms with van der Waals surface area (Å²) in [5.74, 6) is 0. The quantitative estimate of drug-likeness (QED) is 0.501. The maximum Gasteiger partial charge on any atom is 0.224 e. The van der Waals surface area contributed by atoms with Crippen molar-refractivity contribution in [3.63, 3.8) is 0 Å². The molecular formula is C15H24OSi. The van der Waals surface area contributed by atoms with Crippen molar-refractivity contribution in [3.05, 3.63) is 43.0 Å². The second kappa shape index (κ2) is 7.46. The normalized spacial score (nSPS) is 11.4. The lowest BCUT2D eigenvalue weighted by Crippen LogP contribution is -2.50. The van der Waals surface area contributed by atoms with E-state index in [1.54, 1.807) is 0 Å². The number of hydrogen-bond donors (Lipinski definition) is 0. The van der Waals surface area contributed by atoms with E-state index in [1.165, 1.54) is 30.1 Å². The molecule has 0 bridgehead atoms. The molecule has 0 aliphatic rings. The topological polar surface area (TPSA) is 9.23 Å². The Kier molecular flexibility index (Phi) is 6.23. The van der Waals surface area contributed by atoms with Crippen molar-refractivity contribution in [3.8, 4) is 0 Å². The van der Waals surface area contributed by atoms with E-state index in [9.17, 15) is 0 Å². The summed E-state index contributed by atoms with van der Waals surface area (Å²) in [5, 5.41) is 1.44. The van der Waals surface area contributed by atoms with Crippen LogP contribution in [0.3, 0.4) is 0 Å². The van der Waals surface area contributed by atoms with Gasteiger partial charge in [0.25, 0.3) is 0 Å². The third kappa shape index (κ3) is 3.82. The molecule has 0 unspecified atom stereocenters. The molecule has 0 N–H and O–H groups in total. The Labute approximate surface area is 107 Å². The predicted molar refractivity (Wildman–Crippen MR) is 78.2 cm³/mol. The average molecular weight is 248 g/mol. The summed E-state index contributed by atoms with van der Waals surface area (Å²) >= 11 is 0. The molecule has 17 heavy (non-hydrogen) atoms. The molecule has 0 spiro atoms. The minimum Gasteiger partial charge on any atom is -0.409 e. The van der Waals surface area contributed by atoms with Crippen molar-refractivity contribution in [1.29, 1.82) is 0 Å². The van der Waals surface area contributed by atoms with Crippen molar-refractivity contribution < 1.29 is 4.43 Å². The first kappa shape index (κ1) is 14.2.